The normalized spacial score (nSPS) is 13.6. The van der Waals surface area contributed by atoms with Crippen LogP contribution in [0.3, 0.4) is 0 Å². The number of methoxy groups -OCH3 is 2. The van der Waals surface area contributed by atoms with Gasteiger partial charge >= 0.3 is 12.6 Å². The molecule has 1 fully saturated rings. The molecule has 1 aromatic heterocycles. The van der Waals surface area contributed by atoms with E-state index < -0.39 is 18.7 Å². The van der Waals surface area contributed by atoms with E-state index in [1.807, 2.05) is 12.1 Å². The van der Waals surface area contributed by atoms with Crippen LogP contribution in [0.2, 0.25) is 10.0 Å². The van der Waals surface area contributed by atoms with E-state index in [1.165, 1.54) is 18.5 Å². The maximum absolute atomic E-state index is 13.2. The minimum atomic E-state index is -3.02. The second-order valence-corrected chi connectivity index (χ2v) is 10.8. The van der Waals surface area contributed by atoms with Crippen LogP contribution in [0, 0.1) is 5.92 Å². The van der Waals surface area contributed by atoms with E-state index in [4.69, 9.17) is 42.1 Å². The molecule has 3 aromatic rings. The number of esters is 1. The summed E-state index contributed by atoms with van der Waals surface area (Å²) in [5.41, 5.74) is 1.93. The van der Waals surface area contributed by atoms with Crippen LogP contribution in [0.25, 0.3) is 0 Å². The third-order valence-electron chi connectivity index (χ3n) is 6.64. The predicted molar refractivity (Wildman–Crippen MR) is 154 cm³/mol. The highest BCUT2D eigenvalue weighted by Gasteiger charge is 2.26. The first-order valence-electron chi connectivity index (χ1n) is 13.2. The Balaban J connectivity index is 1.54. The Hall–Kier alpha value is -3.34. The topological polar surface area (TPSA) is 79.4 Å². The highest BCUT2D eigenvalue weighted by atomic mass is 35.5. The highest BCUT2D eigenvalue weighted by molar-refractivity contribution is 6.35. The number of carbonyl (C=O) groups is 1. The van der Waals surface area contributed by atoms with E-state index in [0.717, 1.165) is 18.4 Å². The summed E-state index contributed by atoms with van der Waals surface area (Å²) in [5.74, 6) is 1.07. The number of nitrogens with zero attached hydrogens (tertiary/aromatic N) is 2. The van der Waals surface area contributed by atoms with Gasteiger partial charge in [-0.15, -0.1) is 0 Å². The number of halogens is 4. The van der Waals surface area contributed by atoms with Gasteiger partial charge in [0.05, 0.1) is 37.4 Å². The van der Waals surface area contributed by atoms with Crippen LogP contribution in [0.15, 0.2) is 48.8 Å². The molecule has 0 spiro atoms. The van der Waals surface area contributed by atoms with Gasteiger partial charge in [-0.1, -0.05) is 35.3 Å². The number of likely N-dealkylation sites (N-methyl/N-ethyl adjacent to an activating group) is 1. The molecule has 0 N–H and O–H groups in total. The second kappa shape index (κ2) is 14.7. The number of benzene rings is 2. The van der Waals surface area contributed by atoms with Gasteiger partial charge in [0.15, 0.2) is 23.0 Å². The van der Waals surface area contributed by atoms with Crippen LogP contribution in [0.5, 0.6) is 23.0 Å². The summed E-state index contributed by atoms with van der Waals surface area (Å²) < 4.78 is 53.3. The largest absolute Gasteiger partial charge is 0.493 e. The number of hydrogen-bond acceptors (Lipinski definition) is 8. The van der Waals surface area contributed by atoms with E-state index in [0.29, 0.717) is 51.7 Å². The van der Waals surface area contributed by atoms with Gasteiger partial charge < -0.3 is 23.7 Å². The number of aromatic nitrogens is 1. The molecule has 1 atom stereocenters. The summed E-state index contributed by atoms with van der Waals surface area (Å²) in [7, 11) is 4.90. The van der Waals surface area contributed by atoms with Crippen molar-refractivity contribution in [2.24, 2.45) is 5.92 Å². The smallest absolute Gasteiger partial charge is 0.387 e. The second-order valence-electron chi connectivity index (χ2n) is 9.97. The highest BCUT2D eigenvalue weighted by Crippen LogP contribution is 2.38. The summed E-state index contributed by atoms with van der Waals surface area (Å²) in [4.78, 5) is 19.0. The van der Waals surface area contributed by atoms with Crippen molar-refractivity contribution in [3.8, 4) is 23.0 Å². The lowest BCUT2D eigenvalue weighted by Crippen LogP contribution is -2.28. The van der Waals surface area contributed by atoms with Crippen molar-refractivity contribution in [1.82, 2.24) is 9.88 Å². The Labute approximate surface area is 253 Å². The first-order valence-corrected chi connectivity index (χ1v) is 14.0. The summed E-state index contributed by atoms with van der Waals surface area (Å²) in [6.07, 6.45) is 4.17. The van der Waals surface area contributed by atoms with Gasteiger partial charge in [0.2, 0.25) is 0 Å². The van der Waals surface area contributed by atoms with Crippen LogP contribution >= 0.6 is 23.2 Å². The molecule has 1 aliphatic rings. The van der Waals surface area contributed by atoms with Gasteiger partial charge in [-0.25, -0.2) is 0 Å². The van der Waals surface area contributed by atoms with Crippen molar-refractivity contribution < 1.29 is 37.3 Å². The summed E-state index contributed by atoms with van der Waals surface area (Å²) >= 11 is 12.8. The molecule has 12 heteroatoms. The number of ether oxygens (including phenoxy) is 5. The molecule has 1 aliphatic carbocycles. The minimum absolute atomic E-state index is 0.0414. The van der Waals surface area contributed by atoms with Gasteiger partial charge in [0.1, 0.15) is 6.10 Å². The molecule has 1 saturated carbocycles. The zero-order chi connectivity index (χ0) is 30.2. The van der Waals surface area contributed by atoms with Crippen LogP contribution in [-0.2, 0) is 22.5 Å². The van der Waals surface area contributed by atoms with Crippen LogP contribution in [-0.4, -0.2) is 56.9 Å². The molecule has 0 radical (unpaired) electrons. The molecule has 0 aliphatic heterocycles. The molecule has 0 unspecified atom stereocenters. The molecule has 2 aromatic carbocycles. The fourth-order valence-electron chi connectivity index (χ4n) is 4.33. The lowest BCUT2D eigenvalue weighted by Gasteiger charge is -2.23. The molecular weight excluding hydrogens is 593 g/mol. The van der Waals surface area contributed by atoms with Gasteiger partial charge in [-0.2, -0.15) is 8.78 Å². The van der Waals surface area contributed by atoms with Crippen molar-refractivity contribution in [3.05, 3.63) is 75.5 Å². The van der Waals surface area contributed by atoms with Gasteiger partial charge in [-0.3, -0.25) is 14.7 Å². The molecule has 4 rings (SSSR count). The molecule has 0 bridgehead atoms. The zero-order valence-corrected chi connectivity index (χ0v) is 25.0. The maximum Gasteiger partial charge on any atom is 0.387 e. The average Bonchev–Trinajstić information content (AvgIpc) is 3.78. The van der Waals surface area contributed by atoms with Crippen molar-refractivity contribution in [3.63, 3.8) is 0 Å². The Kier molecular flexibility index (Phi) is 11.1. The van der Waals surface area contributed by atoms with Gasteiger partial charge in [0.25, 0.3) is 0 Å². The summed E-state index contributed by atoms with van der Waals surface area (Å²) in [6.45, 7) is -2.26. The Bertz CT molecular complexity index is 1360. The first kappa shape index (κ1) is 31.6. The lowest BCUT2D eigenvalue weighted by molar-refractivity contribution is -0.150. The van der Waals surface area contributed by atoms with Crippen molar-refractivity contribution in [2.75, 3.05) is 34.4 Å². The maximum atomic E-state index is 13.2. The predicted octanol–water partition coefficient (Wildman–Crippen LogP) is 6.75. The van der Waals surface area contributed by atoms with Crippen molar-refractivity contribution in [2.45, 2.75) is 38.5 Å². The Morgan fingerprint density at radius 2 is 1.69 bits per heavy atom. The molecule has 0 saturated heterocycles. The zero-order valence-electron chi connectivity index (χ0n) is 23.4. The molecule has 226 valence electrons. The molecular formula is C30H32Cl2F2N2O6. The van der Waals surface area contributed by atoms with Gasteiger partial charge in [-0.05, 0) is 66.8 Å². The van der Waals surface area contributed by atoms with Crippen LogP contribution in [0.4, 0.5) is 8.78 Å². The van der Waals surface area contributed by atoms with Crippen LogP contribution < -0.4 is 18.9 Å². The minimum Gasteiger partial charge on any atom is -0.493 e. The number of pyridine rings is 1. The number of hydrogen-bond donors (Lipinski definition) is 0. The summed E-state index contributed by atoms with van der Waals surface area (Å²) in [5, 5.41) is 0.606. The monoisotopic (exact) mass is 624 g/mol. The van der Waals surface area contributed by atoms with Crippen molar-refractivity contribution >= 4 is 29.2 Å². The molecule has 0 amide bonds. The molecule has 8 nitrogen and oxygen atoms in total. The number of alkyl halides is 2. The lowest BCUT2D eigenvalue weighted by atomic mass is 10.0. The molecule has 42 heavy (non-hydrogen) atoms. The quantitative estimate of drug-likeness (QED) is 0.172. The summed E-state index contributed by atoms with van der Waals surface area (Å²) in [6, 6.07) is 9.99. The third kappa shape index (κ3) is 8.83. The third-order valence-corrected chi connectivity index (χ3v) is 7.29. The average molecular weight is 625 g/mol. The first-order chi connectivity index (χ1) is 20.2. The fourth-order valence-corrected chi connectivity index (χ4v) is 4.85. The van der Waals surface area contributed by atoms with E-state index >= 15 is 0 Å². The fraction of sp³-hybridized carbons (Fsp3) is 0.400. The van der Waals surface area contributed by atoms with E-state index in [9.17, 15) is 13.6 Å². The van der Waals surface area contributed by atoms with E-state index in [1.54, 1.807) is 44.4 Å². The Morgan fingerprint density at radius 1 is 1.00 bits per heavy atom. The SMILES string of the molecule is COc1ccc(CN(C)CC(=O)O[C@@H](Cc2c(Cl)cncc2Cl)c2ccc(OC(F)F)c(OCC3CC3)c2)cc1OC. The molecule has 1 heterocycles. The Morgan fingerprint density at radius 3 is 2.33 bits per heavy atom. The van der Waals surface area contributed by atoms with E-state index in [2.05, 4.69) is 9.72 Å². The van der Waals surface area contributed by atoms with Crippen molar-refractivity contribution in [1.29, 1.82) is 0 Å². The van der Waals surface area contributed by atoms with E-state index in [-0.39, 0.29) is 24.5 Å². The van der Waals surface area contributed by atoms with Crippen LogP contribution in [0.1, 0.15) is 35.6 Å². The number of rotatable bonds is 15. The standard InChI is InChI=1S/C30H32Cl2F2N2O6/c1-36(15-19-6-8-24(38-2)27(10-19)39-3)16-29(37)41-26(12-21-22(31)13-35-14-23(21)32)20-7-9-25(42-30(33)34)28(11-20)40-17-18-4-5-18/h6-11,13-14,18,26,30H,4-5,12,15-17H2,1-3H3/t26-/m0/s1. The van der Waals surface area contributed by atoms with Gasteiger partial charge in [0, 0.05) is 25.4 Å². The number of carbonyl (C=O) groups excluding carboxylic acids is 1.